The summed E-state index contributed by atoms with van der Waals surface area (Å²) in [7, 11) is 0.889. The van der Waals surface area contributed by atoms with Crippen molar-refractivity contribution in [1.29, 1.82) is 0 Å². The van der Waals surface area contributed by atoms with Crippen molar-refractivity contribution in [2.45, 2.75) is 41.5 Å². The fraction of sp³-hybridized carbons (Fsp3) is 0.538. The normalized spacial score (nSPS) is 6.06. The van der Waals surface area contributed by atoms with Gasteiger partial charge in [-0.25, -0.2) is 0 Å². The predicted octanol–water partition coefficient (Wildman–Crippen LogP) is 4.36. The molecule has 0 aliphatic rings. The molecule has 0 aliphatic heterocycles. The summed E-state index contributed by atoms with van der Waals surface area (Å²) in [6.07, 6.45) is 0. The number of nitro groups is 1. The van der Waals surface area contributed by atoms with Crippen molar-refractivity contribution in [2.75, 3.05) is 7.05 Å². The molecule has 0 saturated carbocycles. The molecule has 1 aromatic carbocycles. The van der Waals surface area contributed by atoms with Gasteiger partial charge >= 0.3 is 0 Å². The van der Waals surface area contributed by atoms with E-state index in [0.717, 1.165) is 7.05 Å². The lowest BCUT2D eigenvalue weighted by Gasteiger charge is -1.82. The smallest absolute Gasteiger partial charge is 0.194 e. The molecule has 0 saturated heterocycles. The zero-order chi connectivity index (χ0) is 14.7. The molecule has 4 heteroatoms. The van der Waals surface area contributed by atoms with Gasteiger partial charge in [0.25, 0.3) is 0 Å². The Morgan fingerprint density at radius 2 is 1.18 bits per heavy atom. The molecule has 0 aromatic heterocycles. The Morgan fingerprint density at radius 1 is 0.941 bits per heavy atom. The standard InChI is InChI=1S/C6H6O.3C2H6.CH3NO2/c7-6-4-2-1-3-5-6;3*1-2;1-2(3)4/h1-5,7H;3*1-2H3;1H3. The van der Waals surface area contributed by atoms with Crippen molar-refractivity contribution in [2.24, 2.45) is 0 Å². The second-order valence-corrected chi connectivity index (χ2v) is 1.78. The van der Waals surface area contributed by atoms with Crippen LogP contribution in [0.25, 0.3) is 0 Å². The molecule has 0 fully saturated rings. The zero-order valence-corrected chi connectivity index (χ0v) is 12.1. The average molecular weight is 245 g/mol. The second kappa shape index (κ2) is 29.3. The number of phenols is 1. The highest BCUT2D eigenvalue weighted by atomic mass is 16.6. The summed E-state index contributed by atoms with van der Waals surface area (Å²) in [5.41, 5.74) is 0. The number of para-hydroxylation sites is 1. The lowest BCUT2D eigenvalue weighted by Crippen LogP contribution is -1.79. The molecular weight excluding hydrogens is 218 g/mol. The van der Waals surface area contributed by atoms with Crippen LogP contribution in [0, 0.1) is 10.1 Å². The molecule has 17 heavy (non-hydrogen) atoms. The molecule has 0 aliphatic carbocycles. The zero-order valence-electron chi connectivity index (χ0n) is 12.1. The highest BCUT2D eigenvalue weighted by molar-refractivity contribution is 5.18. The van der Waals surface area contributed by atoms with Crippen LogP contribution in [0.3, 0.4) is 0 Å². The first kappa shape index (κ1) is 24.6. The van der Waals surface area contributed by atoms with E-state index in [2.05, 4.69) is 0 Å². The van der Waals surface area contributed by atoms with Gasteiger partial charge in [0.1, 0.15) is 5.75 Å². The van der Waals surface area contributed by atoms with Crippen LogP contribution < -0.4 is 0 Å². The van der Waals surface area contributed by atoms with Crippen LogP contribution in [0.1, 0.15) is 41.5 Å². The van der Waals surface area contributed by atoms with Crippen molar-refractivity contribution >= 4 is 0 Å². The molecule has 0 atom stereocenters. The Morgan fingerprint density at radius 3 is 1.29 bits per heavy atom. The Balaban J connectivity index is -0.0000000735. The lowest BCUT2D eigenvalue weighted by molar-refractivity contribution is -0.445. The fourth-order valence-corrected chi connectivity index (χ4v) is 0.428. The summed E-state index contributed by atoms with van der Waals surface area (Å²) in [6, 6.07) is 8.71. The summed E-state index contributed by atoms with van der Waals surface area (Å²) >= 11 is 0. The van der Waals surface area contributed by atoms with E-state index in [-0.39, 0.29) is 0 Å². The molecule has 1 rings (SSSR count). The second-order valence-electron chi connectivity index (χ2n) is 1.78. The minimum absolute atomic E-state index is 0.322. The first-order valence-electron chi connectivity index (χ1n) is 5.95. The van der Waals surface area contributed by atoms with Gasteiger partial charge in [0.2, 0.25) is 0 Å². The fourth-order valence-electron chi connectivity index (χ4n) is 0.428. The van der Waals surface area contributed by atoms with Crippen molar-refractivity contribution in [3.05, 3.63) is 40.4 Å². The maximum Gasteiger partial charge on any atom is 0.194 e. The molecule has 4 nitrogen and oxygen atoms in total. The van der Waals surface area contributed by atoms with E-state index < -0.39 is 4.92 Å². The van der Waals surface area contributed by atoms with Gasteiger partial charge < -0.3 is 5.11 Å². The summed E-state index contributed by atoms with van der Waals surface area (Å²) in [6.45, 7) is 12.0. The molecule has 0 heterocycles. The van der Waals surface area contributed by atoms with E-state index in [1.165, 1.54) is 0 Å². The number of rotatable bonds is 0. The van der Waals surface area contributed by atoms with Crippen LogP contribution in [-0.4, -0.2) is 17.1 Å². The third-order valence-electron chi connectivity index (χ3n) is 0.756. The van der Waals surface area contributed by atoms with Crippen molar-refractivity contribution in [1.82, 2.24) is 0 Å². The van der Waals surface area contributed by atoms with Crippen molar-refractivity contribution in [3.8, 4) is 5.75 Å². The molecular formula is C13H27NO3. The summed E-state index contributed by atoms with van der Waals surface area (Å²) in [5.74, 6) is 0.322. The first-order valence-corrected chi connectivity index (χ1v) is 5.95. The lowest BCUT2D eigenvalue weighted by atomic mass is 10.3. The Labute approximate surface area is 105 Å². The molecule has 0 radical (unpaired) electrons. The topological polar surface area (TPSA) is 63.4 Å². The van der Waals surface area contributed by atoms with E-state index in [9.17, 15) is 0 Å². The molecule has 0 spiro atoms. The van der Waals surface area contributed by atoms with E-state index in [0.29, 0.717) is 5.75 Å². The maximum atomic E-state index is 8.81. The number of benzene rings is 1. The van der Waals surface area contributed by atoms with Gasteiger partial charge in [-0.1, -0.05) is 59.7 Å². The Kier molecular flexibility index (Phi) is 42.3. The van der Waals surface area contributed by atoms with E-state index in [1.807, 2.05) is 47.6 Å². The predicted molar refractivity (Wildman–Crippen MR) is 75.1 cm³/mol. The molecule has 1 aromatic rings. The highest BCUT2D eigenvalue weighted by Gasteiger charge is 1.74. The Hall–Kier alpha value is -1.58. The van der Waals surface area contributed by atoms with Crippen LogP contribution >= 0.6 is 0 Å². The summed E-state index contributed by atoms with van der Waals surface area (Å²) < 4.78 is 0. The van der Waals surface area contributed by atoms with Gasteiger partial charge in [-0.15, -0.1) is 0 Å². The SMILES string of the molecule is CC.CC.CC.C[N+](=O)[O-].Oc1ccccc1. The molecule has 0 amide bonds. The van der Waals surface area contributed by atoms with Gasteiger partial charge in [-0.2, -0.15) is 0 Å². The average Bonchev–Trinajstić information content (AvgIpc) is 2.37. The van der Waals surface area contributed by atoms with Gasteiger partial charge in [0, 0.05) is 4.92 Å². The van der Waals surface area contributed by atoms with Gasteiger partial charge in [0.05, 0.1) is 0 Å². The number of nitrogens with zero attached hydrogens (tertiary/aromatic N) is 1. The number of aromatic hydroxyl groups is 1. The van der Waals surface area contributed by atoms with Gasteiger partial charge in [0.15, 0.2) is 7.05 Å². The van der Waals surface area contributed by atoms with Crippen LogP contribution in [0.2, 0.25) is 0 Å². The van der Waals surface area contributed by atoms with Crippen molar-refractivity contribution < 1.29 is 10.0 Å². The first-order chi connectivity index (χ1) is 8.13. The van der Waals surface area contributed by atoms with Crippen LogP contribution in [0.5, 0.6) is 5.75 Å². The van der Waals surface area contributed by atoms with Crippen LogP contribution in [-0.2, 0) is 0 Å². The quantitative estimate of drug-likeness (QED) is 0.545. The van der Waals surface area contributed by atoms with Gasteiger partial charge in [-0.05, 0) is 12.1 Å². The largest absolute Gasteiger partial charge is 0.508 e. The maximum absolute atomic E-state index is 8.81. The summed E-state index contributed by atoms with van der Waals surface area (Å²) in [5, 5.41) is 17.4. The minimum atomic E-state index is -0.500. The molecule has 1 N–H and O–H groups in total. The van der Waals surface area contributed by atoms with Crippen molar-refractivity contribution in [3.63, 3.8) is 0 Å². The van der Waals surface area contributed by atoms with E-state index in [1.54, 1.807) is 24.3 Å². The number of hydrogen-bond acceptors (Lipinski definition) is 3. The Bertz CT molecular complexity index is 209. The molecule has 0 unspecified atom stereocenters. The molecule has 102 valence electrons. The number of phenolic OH excluding ortho intramolecular Hbond substituents is 1. The number of hydrogen-bond donors (Lipinski definition) is 1. The third-order valence-corrected chi connectivity index (χ3v) is 0.756. The highest BCUT2D eigenvalue weighted by Crippen LogP contribution is 2.02. The van der Waals surface area contributed by atoms with Crippen LogP contribution in [0.15, 0.2) is 30.3 Å². The van der Waals surface area contributed by atoms with E-state index in [4.69, 9.17) is 15.2 Å². The van der Waals surface area contributed by atoms with Crippen LogP contribution in [0.4, 0.5) is 0 Å². The van der Waals surface area contributed by atoms with E-state index >= 15 is 0 Å². The summed E-state index contributed by atoms with van der Waals surface area (Å²) in [4.78, 5) is 8.31. The third kappa shape index (κ3) is 54.0. The monoisotopic (exact) mass is 245 g/mol. The minimum Gasteiger partial charge on any atom is -0.508 e. The molecule has 0 bridgehead atoms. The van der Waals surface area contributed by atoms with Gasteiger partial charge in [-0.3, -0.25) is 10.1 Å².